The van der Waals surface area contributed by atoms with Gasteiger partial charge in [0.2, 0.25) is 0 Å². The van der Waals surface area contributed by atoms with Gasteiger partial charge in [-0.25, -0.2) is 9.18 Å². The Hall–Kier alpha value is -1.86. The minimum Gasteiger partial charge on any atom is -0.507 e. The maximum absolute atomic E-state index is 14.3. The number of phenolic OH excluding ortho intramolecular Hbond substituents is 1. The molecule has 0 radical (unpaired) electrons. The molecule has 2 unspecified atom stereocenters. The van der Waals surface area contributed by atoms with E-state index in [2.05, 4.69) is 0 Å². The zero-order chi connectivity index (χ0) is 24.1. The highest BCUT2D eigenvalue weighted by atomic mass is 35.5. The van der Waals surface area contributed by atoms with Gasteiger partial charge in [0, 0.05) is 30.8 Å². The number of piperidine rings is 1. The number of aliphatic hydroxyl groups is 2. The molecule has 1 aromatic carbocycles. The minimum atomic E-state index is -5.08. The first kappa shape index (κ1) is 27.2. The number of nitrogens with zero attached hydrogens (tertiary/aromatic N) is 1. The van der Waals surface area contributed by atoms with Crippen molar-refractivity contribution < 1.29 is 47.6 Å². The van der Waals surface area contributed by atoms with Gasteiger partial charge in [0.15, 0.2) is 11.9 Å². The monoisotopic (exact) mass is 494 g/mol. The number of hydrogen-bond donors (Lipinski definition) is 5. The topological polar surface area (TPSA) is 144 Å². The maximum atomic E-state index is 14.3. The molecule has 0 aliphatic carbocycles. The van der Waals surface area contributed by atoms with Gasteiger partial charge in [-0.05, 0) is 18.8 Å². The number of carboxylic acid groups (broad SMARTS) is 1. The molecule has 8 nitrogen and oxygen atoms in total. The number of carboxylic acids is 1. The summed E-state index contributed by atoms with van der Waals surface area (Å²) < 4.78 is 46.0. The third kappa shape index (κ3) is 7.07. The third-order valence-electron chi connectivity index (χ3n) is 4.57. The van der Waals surface area contributed by atoms with E-state index in [9.17, 15) is 32.6 Å². The number of carbonyl (C=O) groups is 2. The Morgan fingerprint density at radius 3 is 2.16 bits per heavy atom. The Balaban J connectivity index is 0.000000592. The molecule has 176 valence electrons. The second-order valence-corrected chi connectivity index (χ2v) is 7.39. The van der Waals surface area contributed by atoms with E-state index >= 15 is 0 Å². The predicted octanol–water partition coefficient (Wildman–Crippen LogP) is 2.06. The fourth-order valence-electron chi connectivity index (χ4n) is 2.92. The fourth-order valence-corrected chi connectivity index (χ4v) is 3.26. The number of hydrogen-bond acceptors (Lipinski definition) is 6. The maximum Gasteiger partial charge on any atom is 0.490 e. The Bertz CT molecular complexity index is 804. The highest BCUT2D eigenvalue weighted by Crippen LogP contribution is 2.40. The van der Waals surface area contributed by atoms with Crippen LogP contribution in [0.4, 0.5) is 17.6 Å². The first-order valence-corrected chi connectivity index (χ1v) is 9.47. The normalized spacial score (nSPS) is 16.9. The van der Waals surface area contributed by atoms with Crippen molar-refractivity contribution >= 4 is 35.1 Å². The van der Waals surface area contributed by atoms with E-state index in [0.29, 0.717) is 25.9 Å². The number of halogens is 6. The lowest BCUT2D eigenvalue weighted by Crippen LogP contribution is -2.46. The van der Waals surface area contributed by atoms with Crippen LogP contribution in [0.1, 0.15) is 24.4 Å². The molecule has 6 N–H and O–H groups in total. The van der Waals surface area contributed by atoms with Crippen LogP contribution >= 0.6 is 23.2 Å². The molecule has 1 aliphatic rings. The van der Waals surface area contributed by atoms with Crippen LogP contribution in [-0.4, -0.2) is 69.2 Å². The van der Waals surface area contributed by atoms with Gasteiger partial charge in [0.05, 0.1) is 16.7 Å². The average Bonchev–Trinajstić information content (AvgIpc) is 2.70. The number of amides is 1. The lowest BCUT2D eigenvalue weighted by molar-refractivity contribution is -0.192. The Kier molecular flexibility index (Phi) is 9.76. The summed E-state index contributed by atoms with van der Waals surface area (Å²) in [5.74, 6) is -4.69. The summed E-state index contributed by atoms with van der Waals surface area (Å²) in [4.78, 5) is 22.1. The molecule has 1 amide bonds. The number of alkyl halides is 3. The van der Waals surface area contributed by atoms with E-state index < -0.39 is 42.6 Å². The molecule has 0 saturated carbocycles. The van der Waals surface area contributed by atoms with Crippen molar-refractivity contribution in [2.45, 2.75) is 31.2 Å². The van der Waals surface area contributed by atoms with Gasteiger partial charge < -0.3 is 31.1 Å². The highest BCUT2D eigenvalue weighted by Gasteiger charge is 2.38. The van der Waals surface area contributed by atoms with E-state index in [0.717, 1.165) is 6.07 Å². The van der Waals surface area contributed by atoms with Gasteiger partial charge in [0.25, 0.3) is 5.91 Å². The standard InChI is InChI=1S/C15H19Cl2FN2O4.C2HF3O2/c16-8-5-9(22)11(13(18)12(8)17)14(19)7-1-3-20(4-2-7)15(24)10(23)6-21;3-2(4,5)1(6)7/h5,7,10,14,21-23H,1-4,6,19H2;(H,6,7). The molecular formula is C17H20Cl2F4N2O6. The number of benzene rings is 1. The number of aliphatic carboxylic acids is 1. The number of rotatable bonds is 4. The number of phenols is 1. The van der Waals surface area contributed by atoms with Crippen molar-refractivity contribution in [3.63, 3.8) is 0 Å². The summed E-state index contributed by atoms with van der Waals surface area (Å²) in [6.07, 6.45) is -5.60. The van der Waals surface area contributed by atoms with Gasteiger partial charge in [-0.2, -0.15) is 13.2 Å². The van der Waals surface area contributed by atoms with Crippen LogP contribution in [0.15, 0.2) is 6.07 Å². The first-order valence-electron chi connectivity index (χ1n) is 8.72. The smallest absolute Gasteiger partial charge is 0.490 e. The van der Waals surface area contributed by atoms with Crippen LogP contribution < -0.4 is 5.73 Å². The SMILES string of the molecule is NC(c1c(O)cc(Cl)c(Cl)c1F)C1CCN(C(=O)C(O)CO)CC1.O=C(O)C(F)(F)F. The van der Waals surface area contributed by atoms with Crippen molar-refractivity contribution in [1.29, 1.82) is 0 Å². The van der Waals surface area contributed by atoms with Crippen molar-refractivity contribution in [2.75, 3.05) is 19.7 Å². The molecular weight excluding hydrogens is 475 g/mol. The molecule has 31 heavy (non-hydrogen) atoms. The lowest BCUT2D eigenvalue weighted by atomic mass is 9.85. The molecule has 14 heteroatoms. The Labute approximate surface area is 183 Å². The van der Waals surface area contributed by atoms with E-state index in [1.165, 1.54) is 4.90 Å². The van der Waals surface area contributed by atoms with Crippen LogP contribution in [0.3, 0.4) is 0 Å². The van der Waals surface area contributed by atoms with Gasteiger partial charge in [0.1, 0.15) is 5.75 Å². The molecule has 2 atom stereocenters. The molecule has 0 aromatic heterocycles. The zero-order valence-corrected chi connectivity index (χ0v) is 17.3. The number of aliphatic hydroxyl groups excluding tert-OH is 2. The average molecular weight is 495 g/mol. The van der Waals surface area contributed by atoms with Crippen molar-refractivity contribution in [3.8, 4) is 5.75 Å². The predicted molar refractivity (Wildman–Crippen MR) is 101 cm³/mol. The van der Waals surface area contributed by atoms with Crippen LogP contribution in [0.5, 0.6) is 5.75 Å². The van der Waals surface area contributed by atoms with E-state index in [1.54, 1.807) is 0 Å². The summed E-state index contributed by atoms with van der Waals surface area (Å²) in [5.41, 5.74) is 6.01. The number of nitrogens with two attached hydrogens (primary N) is 1. The molecule has 1 aromatic rings. The summed E-state index contributed by atoms with van der Waals surface area (Å²) in [7, 11) is 0. The van der Waals surface area contributed by atoms with Crippen molar-refractivity contribution in [1.82, 2.24) is 4.90 Å². The Morgan fingerprint density at radius 2 is 1.74 bits per heavy atom. The molecule has 1 aliphatic heterocycles. The second-order valence-electron chi connectivity index (χ2n) is 6.61. The Morgan fingerprint density at radius 1 is 1.26 bits per heavy atom. The van der Waals surface area contributed by atoms with Crippen molar-refractivity contribution in [2.24, 2.45) is 11.7 Å². The van der Waals surface area contributed by atoms with E-state index in [-0.39, 0.29) is 27.3 Å². The van der Waals surface area contributed by atoms with Crippen LogP contribution in [-0.2, 0) is 9.59 Å². The molecule has 1 heterocycles. The van der Waals surface area contributed by atoms with Crippen LogP contribution in [0.2, 0.25) is 10.0 Å². The third-order valence-corrected chi connectivity index (χ3v) is 5.34. The highest BCUT2D eigenvalue weighted by molar-refractivity contribution is 6.42. The first-order chi connectivity index (χ1) is 14.2. The van der Waals surface area contributed by atoms with Gasteiger partial charge >= 0.3 is 12.1 Å². The summed E-state index contributed by atoms with van der Waals surface area (Å²) in [6, 6.07) is 0.345. The van der Waals surface area contributed by atoms with Crippen LogP contribution in [0, 0.1) is 11.7 Å². The number of carbonyl (C=O) groups excluding carboxylic acids is 1. The zero-order valence-electron chi connectivity index (χ0n) is 15.7. The number of likely N-dealkylation sites (tertiary alicyclic amines) is 1. The van der Waals surface area contributed by atoms with Gasteiger partial charge in [-0.1, -0.05) is 23.2 Å². The van der Waals surface area contributed by atoms with Crippen molar-refractivity contribution in [3.05, 3.63) is 27.5 Å². The molecule has 0 spiro atoms. The summed E-state index contributed by atoms with van der Waals surface area (Å²) in [5, 5.41) is 34.9. The van der Waals surface area contributed by atoms with Crippen LogP contribution in [0.25, 0.3) is 0 Å². The van der Waals surface area contributed by atoms with E-state index in [4.69, 9.17) is 43.9 Å². The number of aromatic hydroxyl groups is 1. The fraction of sp³-hybridized carbons (Fsp3) is 0.529. The quantitative estimate of drug-likeness (QED) is 0.318. The lowest BCUT2D eigenvalue weighted by Gasteiger charge is -2.35. The summed E-state index contributed by atoms with van der Waals surface area (Å²) >= 11 is 11.5. The van der Waals surface area contributed by atoms with Gasteiger partial charge in [-0.15, -0.1) is 0 Å². The molecule has 1 fully saturated rings. The van der Waals surface area contributed by atoms with E-state index in [1.807, 2.05) is 0 Å². The minimum absolute atomic E-state index is 0.0930. The molecule has 1 saturated heterocycles. The largest absolute Gasteiger partial charge is 0.507 e. The summed E-state index contributed by atoms with van der Waals surface area (Å²) in [6.45, 7) is -0.00341. The second kappa shape index (κ2) is 11.1. The van der Waals surface area contributed by atoms with Gasteiger partial charge in [-0.3, -0.25) is 4.79 Å². The molecule has 0 bridgehead atoms. The molecule has 2 rings (SSSR count).